The highest BCUT2D eigenvalue weighted by Gasteiger charge is 1.85. The molecular formula is C9H15N3. The topological polar surface area (TPSA) is 48.8 Å². The van der Waals surface area contributed by atoms with Crippen molar-refractivity contribution in [3.8, 4) is 11.8 Å². The van der Waals surface area contributed by atoms with Crippen LogP contribution in [0.4, 0.5) is 0 Å². The van der Waals surface area contributed by atoms with E-state index in [9.17, 15) is 0 Å². The summed E-state index contributed by atoms with van der Waals surface area (Å²) in [7, 11) is 0. The molecule has 0 aromatic heterocycles. The Morgan fingerprint density at radius 1 is 1.42 bits per heavy atom. The summed E-state index contributed by atoms with van der Waals surface area (Å²) in [6.45, 7) is 4.86. The van der Waals surface area contributed by atoms with Gasteiger partial charge in [0.15, 0.2) is 0 Å². The van der Waals surface area contributed by atoms with Crippen LogP contribution in [-0.4, -0.2) is 6.54 Å². The molecule has 0 aromatic rings. The summed E-state index contributed by atoms with van der Waals surface area (Å²) in [6.07, 6.45) is 2.67. The summed E-state index contributed by atoms with van der Waals surface area (Å²) in [5.41, 5.74) is 7.96. The average molecular weight is 165 g/mol. The van der Waals surface area contributed by atoms with Gasteiger partial charge in [0.2, 0.25) is 0 Å². The molecule has 66 valence electrons. The van der Waals surface area contributed by atoms with Gasteiger partial charge in [-0.25, -0.2) is 0 Å². The zero-order valence-electron chi connectivity index (χ0n) is 7.75. The SMILES string of the molecule is CC(C)CC#CCCCN=[N+]=[N-]. The highest BCUT2D eigenvalue weighted by Crippen LogP contribution is 1.96. The zero-order valence-corrected chi connectivity index (χ0v) is 7.75. The molecule has 0 fully saturated rings. The van der Waals surface area contributed by atoms with Crippen molar-refractivity contribution < 1.29 is 0 Å². The Morgan fingerprint density at radius 2 is 2.17 bits per heavy atom. The first-order valence-corrected chi connectivity index (χ1v) is 4.24. The van der Waals surface area contributed by atoms with E-state index < -0.39 is 0 Å². The van der Waals surface area contributed by atoms with E-state index in [1.165, 1.54) is 0 Å². The lowest BCUT2D eigenvalue weighted by atomic mass is 10.1. The average Bonchev–Trinajstić information content (AvgIpc) is 2.02. The summed E-state index contributed by atoms with van der Waals surface area (Å²) in [5, 5.41) is 3.42. The van der Waals surface area contributed by atoms with Crippen molar-refractivity contribution in [1.82, 2.24) is 0 Å². The fourth-order valence-corrected chi connectivity index (χ4v) is 0.648. The van der Waals surface area contributed by atoms with Crippen molar-refractivity contribution in [2.45, 2.75) is 33.1 Å². The summed E-state index contributed by atoms with van der Waals surface area (Å²) in [4.78, 5) is 2.66. The molecule has 0 saturated heterocycles. The summed E-state index contributed by atoms with van der Waals surface area (Å²) < 4.78 is 0. The van der Waals surface area contributed by atoms with Crippen LogP contribution in [0.15, 0.2) is 5.11 Å². The molecule has 0 atom stereocenters. The molecule has 12 heavy (non-hydrogen) atoms. The molecule has 3 nitrogen and oxygen atoms in total. The molecule has 0 unspecified atom stereocenters. The largest absolute Gasteiger partial charge is 0.103 e. The molecule has 0 aromatic carbocycles. The first-order chi connectivity index (χ1) is 5.77. The van der Waals surface area contributed by atoms with Crippen LogP contribution in [0.1, 0.15) is 33.1 Å². The number of nitrogens with zero attached hydrogens (tertiary/aromatic N) is 3. The minimum absolute atomic E-state index is 0.562. The lowest BCUT2D eigenvalue weighted by Crippen LogP contribution is -1.82. The maximum Gasteiger partial charge on any atom is 0.0266 e. The molecule has 0 aliphatic carbocycles. The summed E-state index contributed by atoms with van der Waals surface area (Å²) in [6, 6.07) is 0. The van der Waals surface area contributed by atoms with Gasteiger partial charge in [0.05, 0.1) is 0 Å². The molecule has 0 bridgehead atoms. The Labute approximate surface area is 73.8 Å². The fraction of sp³-hybridized carbons (Fsp3) is 0.778. The second-order valence-corrected chi connectivity index (χ2v) is 3.01. The summed E-state index contributed by atoms with van der Waals surface area (Å²) >= 11 is 0. The van der Waals surface area contributed by atoms with Gasteiger partial charge in [0.1, 0.15) is 0 Å². The number of rotatable bonds is 4. The van der Waals surface area contributed by atoms with E-state index in [4.69, 9.17) is 5.53 Å². The van der Waals surface area contributed by atoms with E-state index in [-0.39, 0.29) is 0 Å². The van der Waals surface area contributed by atoms with E-state index in [1.807, 2.05) is 0 Å². The molecule has 0 amide bonds. The Balaban J connectivity index is 3.27. The summed E-state index contributed by atoms with van der Waals surface area (Å²) in [5.74, 6) is 6.77. The van der Waals surface area contributed by atoms with Crippen molar-refractivity contribution in [3.63, 3.8) is 0 Å². The van der Waals surface area contributed by atoms with Gasteiger partial charge >= 0.3 is 0 Å². The van der Waals surface area contributed by atoms with Crippen LogP contribution >= 0.6 is 0 Å². The van der Waals surface area contributed by atoms with E-state index in [2.05, 4.69) is 35.7 Å². The lowest BCUT2D eigenvalue weighted by Gasteiger charge is -1.92. The van der Waals surface area contributed by atoms with E-state index in [0.717, 1.165) is 19.3 Å². The van der Waals surface area contributed by atoms with E-state index in [0.29, 0.717) is 12.5 Å². The highest BCUT2D eigenvalue weighted by molar-refractivity contribution is 4.99. The fourth-order valence-electron chi connectivity index (χ4n) is 0.648. The van der Waals surface area contributed by atoms with Gasteiger partial charge in [0.25, 0.3) is 0 Å². The zero-order chi connectivity index (χ0) is 9.23. The van der Waals surface area contributed by atoms with Crippen LogP contribution in [0.2, 0.25) is 0 Å². The van der Waals surface area contributed by atoms with Crippen molar-refractivity contribution in [2.24, 2.45) is 11.0 Å². The molecule has 0 radical (unpaired) electrons. The Kier molecular flexibility index (Phi) is 7.22. The molecule has 0 aliphatic heterocycles. The Hall–Kier alpha value is -1.13. The predicted molar refractivity (Wildman–Crippen MR) is 50.5 cm³/mol. The standard InChI is InChI=1S/C9H15N3/c1-9(2)7-5-3-4-6-8-11-12-10/h9H,4,6-8H2,1-2H3. The number of hydrogen-bond donors (Lipinski definition) is 0. The second kappa shape index (κ2) is 7.97. The maximum atomic E-state index is 7.96. The molecular weight excluding hydrogens is 150 g/mol. The first kappa shape index (κ1) is 10.9. The monoisotopic (exact) mass is 165 g/mol. The van der Waals surface area contributed by atoms with Crippen molar-refractivity contribution in [1.29, 1.82) is 0 Å². The normalized spacial score (nSPS) is 8.58. The Morgan fingerprint density at radius 3 is 2.75 bits per heavy atom. The maximum absolute atomic E-state index is 7.96. The number of azide groups is 1. The lowest BCUT2D eigenvalue weighted by molar-refractivity contribution is 0.675. The van der Waals surface area contributed by atoms with Crippen LogP contribution in [0.5, 0.6) is 0 Å². The van der Waals surface area contributed by atoms with Gasteiger partial charge in [0, 0.05) is 24.3 Å². The minimum Gasteiger partial charge on any atom is -0.103 e. The molecule has 0 spiro atoms. The van der Waals surface area contributed by atoms with Gasteiger partial charge < -0.3 is 0 Å². The molecule has 0 heterocycles. The predicted octanol–water partition coefficient (Wildman–Crippen LogP) is 3.13. The van der Waals surface area contributed by atoms with Gasteiger partial charge in [-0.15, -0.1) is 11.8 Å². The van der Waals surface area contributed by atoms with E-state index >= 15 is 0 Å². The molecule has 3 heteroatoms. The van der Waals surface area contributed by atoms with Gasteiger partial charge in [-0.2, -0.15) is 0 Å². The van der Waals surface area contributed by atoms with Gasteiger partial charge in [-0.1, -0.05) is 19.0 Å². The second-order valence-electron chi connectivity index (χ2n) is 3.01. The third kappa shape index (κ3) is 8.87. The minimum atomic E-state index is 0.562. The van der Waals surface area contributed by atoms with Gasteiger partial charge in [-0.3, -0.25) is 0 Å². The van der Waals surface area contributed by atoms with Crippen molar-refractivity contribution in [2.75, 3.05) is 6.54 Å². The van der Waals surface area contributed by atoms with Crippen LogP contribution < -0.4 is 0 Å². The number of unbranched alkanes of at least 4 members (excludes halogenated alkanes) is 1. The smallest absolute Gasteiger partial charge is 0.0266 e. The molecule has 0 rings (SSSR count). The van der Waals surface area contributed by atoms with Crippen molar-refractivity contribution >= 4 is 0 Å². The first-order valence-electron chi connectivity index (χ1n) is 4.24. The Bertz CT molecular complexity index is 204. The molecule has 0 aliphatic rings. The van der Waals surface area contributed by atoms with Crippen LogP contribution in [0, 0.1) is 17.8 Å². The van der Waals surface area contributed by atoms with Gasteiger partial charge in [-0.05, 0) is 17.9 Å². The van der Waals surface area contributed by atoms with Crippen LogP contribution in [0.25, 0.3) is 10.4 Å². The van der Waals surface area contributed by atoms with E-state index in [1.54, 1.807) is 0 Å². The molecule has 0 saturated carbocycles. The third-order valence-electron chi connectivity index (χ3n) is 1.26. The van der Waals surface area contributed by atoms with Crippen molar-refractivity contribution in [3.05, 3.63) is 10.4 Å². The quantitative estimate of drug-likeness (QED) is 0.202. The van der Waals surface area contributed by atoms with Crippen LogP contribution in [-0.2, 0) is 0 Å². The highest BCUT2D eigenvalue weighted by atomic mass is 15.1. The molecule has 0 N–H and O–H groups in total. The van der Waals surface area contributed by atoms with Crippen LogP contribution in [0.3, 0.4) is 0 Å². The third-order valence-corrected chi connectivity index (χ3v) is 1.26. The number of hydrogen-bond acceptors (Lipinski definition) is 1.